The van der Waals surface area contributed by atoms with Crippen molar-refractivity contribution in [3.63, 3.8) is 0 Å². The molecular weight excluding hydrogens is 242 g/mol. The van der Waals surface area contributed by atoms with E-state index >= 15 is 0 Å². The summed E-state index contributed by atoms with van der Waals surface area (Å²) in [6.07, 6.45) is 1.97. The largest absolute Gasteiger partial charge is 0.300 e. The van der Waals surface area contributed by atoms with E-state index in [-0.39, 0.29) is 0 Å². The first-order valence-corrected chi connectivity index (χ1v) is 5.42. The predicted molar refractivity (Wildman–Crippen MR) is 59.4 cm³/mol. The first-order chi connectivity index (χ1) is 6.68. The molecule has 14 heavy (non-hydrogen) atoms. The van der Waals surface area contributed by atoms with Crippen molar-refractivity contribution in [3.05, 3.63) is 35.4 Å². The molecule has 0 radical (unpaired) electrons. The Morgan fingerprint density at radius 1 is 1.50 bits per heavy atom. The molecule has 1 unspecified atom stereocenters. The summed E-state index contributed by atoms with van der Waals surface area (Å²) in [7, 11) is 1.96. The van der Waals surface area contributed by atoms with Crippen LogP contribution in [0, 0.1) is 0 Å². The zero-order valence-electron chi connectivity index (χ0n) is 8.03. The van der Waals surface area contributed by atoms with Crippen LogP contribution < -0.4 is 0 Å². The second-order valence-corrected chi connectivity index (χ2v) is 4.83. The predicted octanol–water partition coefficient (Wildman–Crippen LogP) is 1.92. The number of fused-ring (bicyclic) bond motifs is 1. The Balaban J connectivity index is 2.57. The average molecular weight is 254 g/mol. The van der Waals surface area contributed by atoms with Crippen LogP contribution in [0.4, 0.5) is 0 Å². The Kier molecular flexibility index (Phi) is 2.45. The lowest BCUT2D eigenvalue weighted by Gasteiger charge is -2.38. The number of hydrogen-bond donors (Lipinski definition) is 0. The van der Waals surface area contributed by atoms with Gasteiger partial charge in [-0.15, -0.1) is 0 Å². The molecule has 1 atom stereocenters. The molecular formula is C11H12BrNO. The molecule has 0 aromatic heterocycles. The Morgan fingerprint density at radius 2 is 2.21 bits per heavy atom. The van der Waals surface area contributed by atoms with Crippen molar-refractivity contribution < 1.29 is 4.79 Å². The van der Waals surface area contributed by atoms with E-state index in [2.05, 4.69) is 22.0 Å². The van der Waals surface area contributed by atoms with Crippen LogP contribution >= 0.6 is 15.9 Å². The monoisotopic (exact) mass is 253 g/mol. The SMILES string of the molecule is CN1CCc2ccccc2C1(Br)C=O. The highest BCUT2D eigenvalue weighted by atomic mass is 79.9. The summed E-state index contributed by atoms with van der Waals surface area (Å²) in [5.74, 6) is 0. The van der Waals surface area contributed by atoms with Gasteiger partial charge in [-0.1, -0.05) is 40.2 Å². The highest BCUT2D eigenvalue weighted by molar-refractivity contribution is 9.10. The zero-order valence-corrected chi connectivity index (χ0v) is 9.62. The summed E-state index contributed by atoms with van der Waals surface area (Å²) in [6.45, 7) is 0.904. The number of alkyl halides is 1. The third kappa shape index (κ3) is 1.31. The molecule has 0 saturated carbocycles. The molecule has 0 amide bonds. The van der Waals surface area contributed by atoms with Gasteiger partial charge in [0.2, 0.25) is 0 Å². The van der Waals surface area contributed by atoms with Gasteiger partial charge in [-0.05, 0) is 24.6 Å². The van der Waals surface area contributed by atoms with E-state index in [1.54, 1.807) is 0 Å². The molecule has 0 bridgehead atoms. The van der Waals surface area contributed by atoms with Crippen molar-refractivity contribution in [1.82, 2.24) is 4.90 Å². The van der Waals surface area contributed by atoms with Gasteiger partial charge in [-0.25, -0.2) is 0 Å². The number of likely N-dealkylation sites (N-methyl/N-ethyl adjacent to an activating group) is 1. The van der Waals surface area contributed by atoms with Crippen molar-refractivity contribution in [2.45, 2.75) is 10.9 Å². The standard InChI is InChI=1S/C11H12BrNO/c1-13-7-6-9-4-2-3-5-10(9)11(13,12)8-14/h2-5,8H,6-7H2,1H3. The first kappa shape index (κ1) is 9.87. The maximum atomic E-state index is 11.2. The molecule has 0 fully saturated rings. The van der Waals surface area contributed by atoms with Crippen LogP contribution in [0.5, 0.6) is 0 Å². The number of benzene rings is 1. The summed E-state index contributed by atoms with van der Waals surface area (Å²) in [4.78, 5) is 13.2. The van der Waals surface area contributed by atoms with Crippen LogP contribution in [0.2, 0.25) is 0 Å². The highest BCUT2D eigenvalue weighted by Gasteiger charge is 2.37. The summed E-state index contributed by atoms with van der Waals surface area (Å²) in [5, 5.41) is 0. The molecule has 0 N–H and O–H groups in total. The zero-order chi connectivity index (χ0) is 10.2. The van der Waals surface area contributed by atoms with E-state index in [0.717, 1.165) is 24.8 Å². The van der Waals surface area contributed by atoms with Crippen molar-refractivity contribution in [2.75, 3.05) is 13.6 Å². The van der Waals surface area contributed by atoms with Crippen LogP contribution in [0.15, 0.2) is 24.3 Å². The van der Waals surface area contributed by atoms with Gasteiger partial charge in [-0.3, -0.25) is 9.69 Å². The Morgan fingerprint density at radius 3 is 2.93 bits per heavy atom. The van der Waals surface area contributed by atoms with Crippen molar-refractivity contribution >= 4 is 22.2 Å². The normalized spacial score (nSPS) is 27.0. The lowest BCUT2D eigenvalue weighted by molar-refractivity contribution is -0.113. The van der Waals surface area contributed by atoms with Crippen LogP contribution in [0.3, 0.4) is 0 Å². The quantitative estimate of drug-likeness (QED) is 0.433. The number of rotatable bonds is 1. The van der Waals surface area contributed by atoms with Crippen LogP contribution in [0.25, 0.3) is 0 Å². The number of carbonyl (C=O) groups excluding carboxylic acids is 1. The number of nitrogens with zero attached hydrogens (tertiary/aromatic N) is 1. The molecule has 0 aliphatic carbocycles. The van der Waals surface area contributed by atoms with Crippen molar-refractivity contribution in [2.24, 2.45) is 0 Å². The summed E-state index contributed by atoms with van der Waals surface area (Å²) >= 11 is 3.52. The third-order valence-corrected chi connectivity index (χ3v) is 4.04. The van der Waals surface area contributed by atoms with Gasteiger partial charge in [0, 0.05) is 6.54 Å². The second-order valence-electron chi connectivity index (χ2n) is 3.62. The second kappa shape index (κ2) is 3.48. The first-order valence-electron chi connectivity index (χ1n) is 4.63. The van der Waals surface area contributed by atoms with Crippen LogP contribution in [-0.4, -0.2) is 24.8 Å². The number of hydrogen-bond acceptors (Lipinski definition) is 2. The van der Waals surface area contributed by atoms with E-state index in [1.165, 1.54) is 5.56 Å². The molecule has 2 nitrogen and oxygen atoms in total. The van der Waals surface area contributed by atoms with Gasteiger partial charge in [-0.2, -0.15) is 0 Å². The van der Waals surface area contributed by atoms with E-state index in [0.29, 0.717) is 0 Å². The van der Waals surface area contributed by atoms with E-state index in [9.17, 15) is 4.79 Å². The maximum Gasteiger partial charge on any atom is 0.158 e. The van der Waals surface area contributed by atoms with Crippen LogP contribution in [0.1, 0.15) is 11.1 Å². The average Bonchev–Trinajstić information content (AvgIpc) is 2.24. The fraction of sp³-hybridized carbons (Fsp3) is 0.364. The van der Waals surface area contributed by atoms with Crippen molar-refractivity contribution in [3.8, 4) is 0 Å². The lowest BCUT2D eigenvalue weighted by Crippen LogP contribution is -2.45. The molecule has 1 aliphatic heterocycles. The minimum atomic E-state index is -0.623. The van der Waals surface area contributed by atoms with Gasteiger partial charge in [0.15, 0.2) is 10.7 Å². The molecule has 0 spiro atoms. The van der Waals surface area contributed by atoms with E-state index in [4.69, 9.17) is 0 Å². The maximum absolute atomic E-state index is 11.2. The van der Waals surface area contributed by atoms with Gasteiger partial charge < -0.3 is 0 Å². The topological polar surface area (TPSA) is 20.3 Å². The molecule has 2 rings (SSSR count). The molecule has 3 heteroatoms. The van der Waals surface area contributed by atoms with Crippen molar-refractivity contribution in [1.29, 1.82) is 0 Å². The Labute approximate surface area is 92.0 Å². The minimum absolute atomic E-state index is 0.623. The number of carbonyl (C=O) groups is 1. The minimum Gasteiger partial charge on any atom is -0.300 e. The summed E-state index contributed by atoms with van der Waals surface area (Å²) in [5.41, 5.74) is 2.33. The molecule has 1 aromatic carbocycles. The third-order valence-electron chi connectivity index (χ3n) is 2.82. The van der Waals surface area contributed by atoms with E-state index < -0.39 is 4.45 Å². The Hall–Kier alpha value is -0.670. The number of aldehydes is 1. The van der Waals surface area contributed by atoms with Gasteiger partial charge in [0.05, 0.1) is 0 Å². The fourth-order valence-electron chi connectivity index (χ4n) is 1.89. The fourth-order valence-corrected chi connectivity index (χ4v) is 2.45. The van der Waals surface area contributed by atoms with Gasteiger partial charge in [0.25, 0.3) is 0 Å². The molecule has 74 valence electrons. The Bertz CT molecular complexity index is 366. The summed E-state index contributed by atoms with van der Waals surface area (Å²) < 4.78 is -0.623. The molecule has 1 aliphatic rings. The smallest absolute Gasteiger partial charge is 0.158 e. The molecule has 1 heterocycles. The van der Waals surface area contributed by atoms with Crippen LogP contribution in [-0.2, 0) is 15.7 Å². The molecule has 0 saturated heterocycles. The molecule has 1 aromatic rings. The number of halogens is 1. The highest BCUT2D eigenvalue weighted by Crippen LogP contribution is 2.37. The van der Waals surface area contributed by atoms with E-state index in [1.807, 2.05) is 30.1 Å². The van der Waals surface area contributed by atoms with Gasteiger partial charge >= 0.3 is 0 Å². The lowest BCUT2D eigenvalue weighted by atomic mass is 9.94. The summed E-state index contributed by atoms with van der Waals surface area (Å²) in [6, 6.07) is 8.08. The van der Waals surface area contributed by atoms with Gasteiger partial charge in [0.1, 0.15) is 0 Å².